The third kappa shape index (κ3) is 6.00. The van der Waals surface area contributed by atoms with Crippen molar-refractivity contribution < 1.29 is 17.9 Å². The lowest BCUT2D eigenvalue weighted by Gasteiger charge is -2.19. The number of carbonyl (C=O) groups is 1. The SMILES string of the molecule is CCN(CC)S(=O)(=O)c1ccc(OCC(=O)N[C@@H](C)c2ccc(SC)cc2)c(C)c1. The lowest BCUT2D eigenvalue weighted by Crippen LogP contribution is -2.31. The molecule has 0 radical (unpaired) electrons. The Hall–Kier alpha value is -2.03. The van der Waals surface area contributed by atoms with Crippen molar-refractivity contribution in [2.45, 2.75) is 43.5 Å². The van der Waals surface area contributed by atoms with Crippen molar-refractivity contribution >= 4 is 27.7 Å². The molecule has 2 aromatic rings. The molecule has 1 atom stereocenters. The van der Waals surface area contributed by atoms with E-state index in [2.05, 4.69) is 5.32 Å². The second-order valence-electron chi connectivity index (χ2n) is 6.87. The molecule has 0 bridgehead atoms. The molecule has 30 heavy (non-hydrogen) atoms. The molecular formula is C22H30N2O4S2. The van der Waals surface area contributed by atoms with Gasteiger partial charge in [-0.3, -0.25) is 4.79 Å². The number of nitrogens with zero attached hydrogens (tertiary/aromatic N) is 1. The summed E-state index contributed by atoms with van der Waals surface area (Å²) in [6.07, 6.45) is 2.02. The molecule has 0 unspecified atom stereocenters. The smallest absolute Gasteiger partial charge is 0.258 e. The molecular weight excluding hydrogens is 420 g/mol. The van der Waals surface area contributed by atoms with Crippen molar-refractivity contribution in [1.29, 1.82) is 0 Å². The Morgan fingerprint density at radius 3 is 2.30 bits per heavy atom. The van der Waals surface area contributed by atoms with E-state index < -0.39 is 10.0 Å². The molecule has 1 N–H and O–H groups in total. The summed E-state index contributed by atoms with van der Waals surface area (Å²) in [5, 5.41) is 2.92. The summed E-state index contributed by atoms with van der Waals surface area (Å²) in [5.74, 6) is 0.247. The van der Waals surface area contributed by atoms with Gasteiger partial charge in [-0.05, 0) is 61.6 Å². The van der Waals surface area contributed by atoms with E-state index >= 15 is 0 Å². The summed E-state index contributed by atoms with van der Waals surface area (Å²) in [5.41, 5.74) is 1.68. The Morgan fingerprint density at radius 1 is 1.13 bits per heavy atom. The van der Waals surface area contributed by atoms with Crippen LogP contribution < -0.4 is 10.1 Å². The minimum Gasteiger partial charge on any atom is -0.484 e. The molecule has 1 amide bonds. The molecule has 2 rings (SSSR count). The number of nitrogens with one attached hydrogen (secondary N) is 1. The highest BCUT2D eigenvalue weighted by Crippen LogP contribution is 2.24. The minimum atomic E-state index is -3.53. The zero-order valence-corrected chi connectivity index (χ0v) is 19.8. The number of ether oxygens (including phenoxy) is 1. The third-order valence-corrected chi connectivity index (χ3v) is 7.63. The Labute approximate surface area is 184 Å². The van der Waals surface area contributed by atoms with Gasteiger partial charge in [-0.1, -0.05) is 26.0 Å². The number of thioether (sulfide) groups is 1. The van der Waals surface area contributed by atoms with Crippen LogP contribution in [0.2, 0.25) is 0 Å². The largest absolute Gasteiger partial charge is 0.484 e. The van der Waals surface area contributed by atoms with Gasteiger partial charge in [0.15, 0.2) is 6.61 Å². The van der Waals surface area contributed by atoms with Crippen LogP contribution in [0.4, 0.5) is 0 Å². The van der Waals surface area contributed by atoms with Crippen molar-refractivity contribution in [3.05, 3.63) is 53.6 Å². The fraction of sp³-hybridized carbons (Fsp3) is 0.409. The normalized spacial score (nSPS) is 12.6. The number of amides is 1. The van der Waals surface area contributed by atoms with Crippen LogP contribution in [0.3, 0.4) is 0 Å². The van der Waals surface area contributed by atoms with Gasteiger partial charge in [0, 0.05) is 18.0 Å². The Morgan fingerprint density at radius 2 is 1.77 bits per heavy atom. The molecule has 0 spiro atoms. The first-order valence-corrected chi connectivity index (χ1v) is 12.6. The molecule has 164 valence electrons. The lowest BCUT2D eigenvalue weighted by atomic mass is 10.1. The molecule has 0 saturated heterocycles. The van der Waals surface area contributed by atoms with Crippen molar-refractivity contribution in [3.8, 4) is 5.75 Å². The Kier molecular flexibility index (Phi) is 8.76. The van der Waals surface area contributed by atoms with Crippen LogP contribution in [0.15, 0.2) is 52.3 Å². The van der Waals surface area contributed by atoms with Crippen molar-refractivity contribution in [2.24, 2.45) is 0 Å². The zero-order valence-electron chi connectivity index (χ0n) is 18.1. The van der Waals surface area contributed by atoms with Gasteiger partial charge in [0.1, 0.15) is 5.75 Å². The van der Waals surface area contributed by atoms with Gasteiger partial charge in [0.05, 0.1) is 10.9 Å². The van der Waals surface area contributed by atoms with Crippen LogP contribution in [0.1, 0.15) is 37.9 Å². The highest BCUT2D eigenvalue weighted by Gasteiger charge is 2.22. The fourth-order valence-corrected chi connectivity index (χ4v) is 5.01. The Bertz CT molecular complexity index is 956. The first-order valence-electron chi connectivity index (χ1n) is 9.89. The minimum absolute atomic E-state index is 0.139. The molecule has 2 aromatic carbocycles. The number of hydrogen-bond donors (Lipinski definition) is 1. The van der Waals surface area contributed by atoms with Crippen LogP contribution in [0, 0.1) is 6.92 Å². The lowest BCUT2D eigenvalue weighted by molar-refractivity contribution is -0.123. The molecule has 6 nitrogen and oxygen atoms in total. The summed E-state index contributed by atoms with van der Waals surface area (Å²) in [6, 6.07) is 12.6. The number of aryl methyl sites for hydroxylation is 1. The summed E-state index contributed by atoms with van der Waals surface area (Å²) >= 11 is 1.67. The van der Waals surface area contributed by atoms with Gasteiger partial charge < -0.3 is 10.1 Å². The molecule has 0 aliphatic carbocycles. The van der Waals surface area contributed by atoms with Gasteiger partial charge >= 0.3 is 0 Å². The topological polar surface area (TPSA) is 75.7 Å². The first-order chi connectivity index (χ1) is 14.2. The van der Waals surface area contributed by atoms with Crippen molar-refractivity contribution in [1.82, 2.24) is 9.62 Å². The van der Waals surface area contributed by atoms with E-state index in [4.69, 9.17) is 4.74 Å². The van der Waals surface area contributed by atoms with E-state index in [1.165, 1.54) is 15.3 Å². The fourth-order valence-electron chi connectivity index (χ4n) is 3.06. The summed E-state index contributed by atoms with van der Waals surface area (Å²) < 4.78 is 32.3. The summed E-state index contributed by atoms with van der Waals surface area (Å²) in [4.78, 5) is 13.7. The molecule has 0 saturated carbocycles. The number of sulfonamides is 1. The van der Waals surface area contributed by atoms with Crippen LogP contribution in [-0.2, 0) is 14.8 Å². The highest BCUT2D eigenvalue weighted by molar-refractivity contribution is 7.98. The average Bonchev–Trinajstić information content (AvgIpc) is 2.73. The maximum atomic E-state index is 12.6. The molecule has 8 heteroatoms. The predicted molar refractivity (Wildman–Crippen MR) is 122 cm³/mol. The third-order valence-electron chi connectivity index (χ3n) is 4.84. The maximum absolute atomic E-state index is 12.6. The molecule has 0 aliphatic heterocycles. The first kappa shape index (κ1) is 24.2. The summed E-state index contributed by atoms with van der Waals surface area (Å²) in [6.45, 7) is 7.98. The molecule has 0 aliphatic rings. The predicted octanol–water partition coefficient (Wildman–Crippen LogP) is 4.00. The van der Waals surface area contributed by atoms with E-state index in [1.807, 2.05) is 51.3 Å². The number of carbonyl (C=O) groups excluding carboxylic acids is 1. The van der Waals surface area contributed by atoms with Crippen LogP contribution in [0.5, 0.6) is 5.75 Å². The molecule has 0 aromatic heterocycles. The van der Waals surface area contributed by atoms with E-state index in [9.17, 15) is 13.2 Å². The van der Waals surface area contributed by atoms with Gasteiger partial charge in [0.2, 0.25) is 10.0 Å². The van der Waals surface area contributed by atoms with Crippen LogP contribution in [-0.4, -0.2) is 44.6 Å². The number of rotatable bonds is 10. The van der Waals surface area contributed by atoms with Crippen LogP contribution in [0.25, 0.3) is 0 Å². The maximum Gasteiger partial charge on any atom is 0.258 e. The second-order valence-corrected chi connectivity index (χ2v) is 9.69. The molecule has 0 fully saturated rings. The van der Waals surface area contributed by atoms with E-state index in [0.29, 0.717) is 24.4 Å². The van der Waals surface area contributed by atoms with Crippen LogP contribution >= 0.6 is 11.8 Å². The second kappa shape index (κ2) is 10.8. The van der Waals surface area contributed by atoms with Gasteiger partial charge in [-0.2, -0.15) is 4.31 Å². The summed E-state index contributed by atoms with van der Waals surface area (Å²) in [7, 11) is -3.53. The number of hydrogen-bond acceptors (Lipinski definition) is 5. The Balaban J connectivity index is 1.99. The quantitative estimate of drug-likeness (QED) is 0.554. The molecule has 0 heterocycles. The number of benzene rings is 2. The highest BCUT2D eigenvalue weighted by atomic mass is 32.2. The van der Waals surface area contributed by atoms with Gasteiger partial charge in [-0.25, -0.2) is 8.42 Å². The van der Waals surface area contributed by atoms with E-state index in [1.54, 1.807) is 30.8 Å². The zero-order chi connectivity index (χ0) is 22.3. The monoisotopic (exact) mass is 450 g/mol. The van der Waals surface area contributed by atoms with E-state index in [-0.39, 0.29) is 23.5 Å². The van der Waals surface area contributed by atoms with E-state index in [0.717, 1.165) is 5.56 Å². The average molecular weight is 451 g/mol. The van der Waals surface area contributed by atoms with Crippen molar-refractivity contribution in [3.63, 3.8) is 0 Å². The van der Waals surface area contributed by atoms with Gasteiger partial charge in [-0.15, -0.1) is 11.8 Å². The van der Waals surface area contributed by atoms with Crippen molar-refractivity contribution in [2.75, 3.05) is 26.0 Å². The van der Waals surface area contributed by atoms with Gasteiger partial charge in [0.25, 0.3) is 5.91 Å². The standard InChI is InChI=1S/C22H30N2O4S2/c1-6-24(7-2)30(26,27)20-12-13-21(16(3)14-20)28-15-22(25)23-17(4)18-8-10-19(29-5)11-9-18/h8-14,17H,6-7,15H2,1-5H3,(H,23,25)/t17-/m0/s1.